The quantitative estimate of drug-likeness (QED) is 0.838. The molecule has 0 aromatic heterocycles. The highest BCUT2D eigenvalue weighted by atomic mass is 19.1. The summed E-state index contributed by atoms with van der Waals surface area (Å²) < 4.78 is 19.1. The van der Waals surface area contributed by atoms with Gasteiger partial charge in [0.1, 0.15) is 5.82 Å². The van der Waals surface area contributed by atoms with Crippen LogP contribution < -0.4 is 5.32 Å². The highest BCUT2D eigenvalue weighted by molar-refractivity contribution is 5.16. The molecule has 1 aliphatic rings. The van der Waals surface area contributed by atoms with Crippen LogP contribution >= 0.6 is 0 Å². The van der Waals surface area contributed by atoms with Gasteiger partial charge in [0, 0.05) is 11.6 Å². The Balaban J connectivity index is 1.78. The Morgan fingerprint density at radius 2 is 2.06 bits per heavy atom. The molecule has 3 heteroatoms. The molecule has 0 aliphatic heterocycles. The normalized spacial score (nSPS) is 18.1. The Morgan fingerprint density at radius 1 is 1.33 bits per heavy atom. The van der Waals surface area contributed by atoms with Gasteiger partial charge in [0.05, 0.1) is 13.2 Å². The van der Waals surface area contributed by atoms with Gasteiger partial charge in [0.25, 0.3) is 0 Å². The number of ether oxygens (including phenoxy) is 1. The molecule has 0 heterocycles. The largest absolute Gasteiger partial charge is 0.375 e. The molecule has 0 spiro atoms. The van der Waals surface area contributed by atoms with Crippen molar-refractivity contribution >= 4 is 0 Å². The molecule has 0 bridgehead atoms. The molecule has 2 nitrogen and oxygen atoms in total. The molecule has 1 aromatic carbocycles. The molecule has 2 rings (SSSR count). The van der Waals surface area contributed by atoms with Gasteiger partial charge in [-0.15, -0.1) is 0 Å². The summed E-state index contributed by atoms with van der Waals surface area (Å²) in [7, 11) is 1.98. The lowest BCUT2D eigenvalue weighted by molar-refractivity contribution is 0.0828. The predicted octanol–water partition coefficient (Wildman–Crippen LogP) is 3.12. The SMILES string of the molecule is CNC(COCc1ccccc1F)C1CCCC1. The van der Waals surface area contributed by atoms with Crippen LogP contribution in [0.4, 0.5) is 4.39 Å². The van der Waals surface area contributed by atoms with Crippen molar-refractivity contribution in [2.45, 2.75) is 38.3 Å². The molecule has 0 saturated heterocycles. The Kier molecular flexibility index (Phi) is 5.14. The van der Waals surface area contributed by atoms with Gasteiger partial charge in [-0.2, -0.15) is 0 Å². The van der Waals surface area contributed by atoms with Crippen LogP contribution in [0.25, 0.3) is 0 Å². The van der Waals surface area contributed by atoms with Crippen LogP contribution in [0.5, 0.6) is 0 Å². The highest BCUT2D eigenvalue weighted by Crippen LogP contribution is 2.27. The van der Waals surface area contributed by atoms with E-state index < -0.39 is 0 Å². The zero-order valence-corrected chi connectivity index (χ0v) is 11.0. The van der Waals surface area contributed by atoms with Crippen LogP contribution in [0.1, 0.15) is 31.2 Å². The standard InChI is InChI=1S/C15H22FNO/c1-17-15(12-6-2-3-7-12)11-18-10-13-8-4-5-9-14(13)16/h4-5,8-9,12,15,17H,2-3,6-7,10-11H2,1H3. The van der Waals surface area contributed by atoms with E-state index in [9.17, 15) is 4.39 Å². The lowest BCUT2D eigenvalue weighted by Gasteiger charge is -2.22. The third-order valence-electron chi connectivity index (χ3n) is 3.85. The summed E-state index contributed by atoms with van der Waals surface area (Å²) in [6, 6.07) is 7.20. The molecule has 100 valence electrons. The van der Waals surface area contributed by atoms with Gasteiger partial charge in [0.2, 0.25) is 0 Å². The molecule has 1 fully saturated rings. The maximum absolute atomic E-state index is 13.4. The second-order valence-electron chi connectivity index (χ2n) is 5.05. The number of hydrogen-bond acceptors (Lipinski definition) is 2. The monoisotopic (exact) mass is 251 g/mol. The summed E-state index contributed by atoms with van der Waals surface area (Å²) in [5.41, 5.74) is 0.638. The molecule has 1 unspecified atom stereocenters. The summed E-state index contributed by atoms with van der Waals surface area (Å²) in [6.07, 6.45) is 5.23. The van der Waals surface area contributed by atoms with E-state index in [0.717, 1.165) is 5.92 Å². The minimum Gasteiger partial charge on any atom is -0.375 e. The number of halogens is 1. The second-order valence-corrected chi connectivity index (χ2v) is 5.05. The zero-order valence-electron chi connectivity index (χ0n) is 11.0. The molecule has 1 saturated carbocycles. The van der Waals surface area contributed by atoms with Crippen LogP contribution in [0.3, 0.4) is 0 Å². The van der Waals surface area contributed by atoms with E-state index in [0.29, 0.717) is 24.8 Å². The first-order chi connectivity index (χ1) is 8.81. The van der Waals surface area contributed by atoms with Crippen LogP contribution in [0, 0.1) is 11.7 Å². The van der Waals surface area contributed by atoms with E-state index in [4.69, 9.17) is 4.74 Å². The smallest absolute Gasteiger partial charge is 0.128 e. The summed E-state index contributed by atoms with van der Waals surface area (Å²) in [5, 5.41) is 3.33. The first-order valence-corrected chi connectivity index (χ1v) is 6.79. The number of hydrogen-bond donors (Lipinski definition) is 1. The first-order valence-electron chi connectivity index (χ1n) is 6.79. The van der Waals surface area contributed by atoms with E-state index in [1.54, 1.807) is 12.1 Å². The molecular weight excluding hydrogens is 229 g/mol. The minimum atomic E-state index is -0.181. The van der Waals surface area contributed by atoms with Crippen LogP contribution in [-0.4, -0.2) is 19.7 Å². The average molecular weight is 251 g/mol. The summed E-state index contributed by atoms with van der Waals surface area (Å²) >= 11 is 0. The van der Waals surface area contributed by atoms with Gasteiger partial charge in [-0.25, -0.2) is 4.39 Å². The lowest BCUT2D eigenvalue weighted by Crippen LogP contribution is -2.36. The van der Waals surface area contributed by atoms with Crippen molar-refractivity contribution in [2.75, 3.05) is 13.7 Å². The number of rotatable bonds is 6. The summed E-state index contributed by atoms with van der Waals surface area (Å²) in [5.74, 6) is 0.537. The van der Waals surface area contributed by atoms with E-state index in [2.05, 4.69) is 5.32 Å². The van der Waals surface area contributed by atoms with Crippen LogP contribution in [-0.2, 0) is 11.3 Å². The Morgan fingerprint density at radius 3 is 2.72 bits per heavy atom. The Bertz CT molecular complexity index is 363. The fourth-order valence-corrected chi connectivity index (χ4v) is 2.73. The maximum Gasteiger partial charge on any atom is 0.128 e. The van der Waals surface area contributed by atoms with Crippen molar-refractivity contribution in [3.8, 4) is 0 Å². The first kappa shape index (κ1) is 13.5. The predicted molar refractivity (Wildman–Crippen MR) is 70.9 cm³/mol. The van der Waals surface area contributed by atoms with Gasteiger partial charge in [-0.3, -0.25) is 0 Å². The molecule has 0 radical (unpaired) electrons. The van der Waals surface area contributed by atoms with Gasteiger partial charge in [0.15, 0.2) is 0 Å². The topological polar surface area (TPSA) is 21.3 Å². The highest BCUT2D eigenvalue weighted by Gasteiger charge is 2.23. The van der Waals surface area contributed by atoms with Gasteiger partial charge >= 0.3 is 0 Å². The number of likely N-dealkylation sites (N-methyl/N-ethyl adjacent to an activating group) is 1. The van der Waals surface area contributed by atoms with Crippen molar-refractivity contribution in [2.24, 2.45) is 5.92 Å². The molecule has 1 N–H and O–H groups in total. The third-order valence-corrected chi connectivity index (χ3v) is 3.85. The van der Waals surface area contributed by atoms with E-state index >= 15 is 0 Å². The van der Waals surface area contributed by atoms with Gasteiger partial charge in [-0.05, 0) is 31.9 Å². The van der Waals surface area contributed by atoms with E-state index in [1.807, 2.05) is 13.1 Å². The Hall–Kier alpha value is -0.930. The second kappa shape index (κ2) is 6.86. The summed E-state index contributed by atoms with van der Waals surface area (Å²) in [6.45, 7) is 1.02. The molecule has 18 heavy (non-hydrogen) atoms. The molecule has 1 aliphatic carbocycles. The van der Waals surface area contributed by atoms with Crippen molar-refractivity contribution < 1.29 is 9.13 Å². The molecule has 0 amide bonds. The van der Waals surface area contributed by atoms with Gasteiger partial charge < -0.3 is 10.1 Å². The summed E-state index contributed by atoms with van der Waals surface area (Å²) in [4.78, 5) is 0. The molecular formula is C15H22FNO. The van der Waals surface area contributed by atoms with Crippen molar-refractivity contribution in [3.63, 3.8) is 0 Å². The van der Waals surface area contributed by atoms with Crippen molar-refractivity contribution in [1.82, 2.24) is 5.32 Å². The minimum absolute atomic E-state index is 0.181. The fourth-order valence-electron chi connectivity index (χ4n) is 2.73. The Labute approximate surface area is 109 Å². The average Bonchev–Trinajstić information content (AvgIpc) is 2.90. The maximum atomic E-state index is 13.4. The molecule has 1 atom stereocenters. The fraction of sp³-hybridized carbons (Fsp3) is 0.600. The van der Waals surface area contributed by atoms with E-state index in [1.165, 1.54) is 31.7 Å². The van der Waals surface area contributed by atoms with Crippen LogP contribution in [0.2, 0.25) is 0 Å². The van der Waals surface area contributed by atoms with Crippen molar-refractivity contribution in [1.29, 1.82) is 0 Å². The van der Waals surface area contributed by atoms with Crippen molar-refractivity contribution in [3.05, 3.63) is 35.6 Å². The lowest BCUT2D eigenvalue weighted by atomic mass is 9.99. The van der Waals surface area contributed by atoms with Crippen LogP contribution in [0.15, 0.2) is 24.3 Å². The molecule has 1 aromatic rings. The van der Waals surface area contributed by atoms with E-state index in [-0.39, 0.29) is 5.82 Å². The third kappa shape index (κ3) is 3.53. The number of nitrogens with one attached hydrogen (secondary N) is 1. The zero-order chi connectivity index (χ0) is 12.8. The number of benzene rings is 1. The van der Waals surface area contributed by atoms with Gasteiger partial charge in [-0.1, -0.05) is 31.0 Å².